The van der Waals surface area contributed by atoms with Crippen molar-refractivity contribution in [3.8, 4) is 0 Å². The van der Waals surface area contributed by atoms with E-state index in [1.807, 2.05) is 6.07 Å². The number of anilines is 1. The third-order valence-electron chi connectivity index (χ3n) is 4.06. The number of rotatable bonds is 1. The summed E-state index contributed by atoms with van der Waals surface area (Å²) < 4.78 is 0. The maximum Gasteiger partial charge on any atom is 0.145 e. The average molecular weight is 191 g/mol. The topological polar surface area (TPSA) is 54.7 Å². The van der Waals surface area contributed by atoms with Crippen LogP contribution in [0, 0.1) is 11.8 Å². The van der Waals surface area contributed by atoms with Gasteiger partial charge in [0.1, 0.15) is 5.82 Å². The molecule has 4 rings (SSSR count). The number of H-pyrrole nitrogens is 1. The van der Waals surface area contributed by atoms with E-state index in [4.69, 9.17) is 5.73 Å². The Bertz CT molecular complexity index is 323. The lowest BCUT2D eigenvalue weighted by atomic mass is 9.64. The summed E-state index contributed by atoms with van der Waals surface area (Å²) in [5.74, 6) is 3.21. The van der Waals surface area contributed by atoms with Crippen molar-refractivity contribution >= 4 is 5.82 Å². The summed E-state index contributed by atoms with van der Waals surface area (Å²) in [5, 5.41) is 7.11. The molecule has 3 aliphatic carbocycles. The Hall–Kier alpha value is -0.990. The van der Waals surface area contributed by atoms with Crippen LogP contribution >= 0.6 is 0 Å². The van der Waals surface area contributed by atoms with Crippen LogP contribution in [0.4, 0.5) is 5.82 Å². The van der Waals surface area contributed by atoms with E-state index in [0.717, 1.165) is 11.8 Å². The van der Waals surface area contributed by atoms with Crippen LogP contribution in [0.5, 0.6) is 0 Å². The van der Waals surface area contributed by atoms with E-state index in [1.54, 1.807) is 0 Å². The molecular formula is C11H17N3. The van der Waals surface area contributed by atoms with Crippen molar-refractivity contribution in [2.45, 2.75) is 38.0 Å². The van der Waals surface area contributed by atoms with Crippen molar-refractivity contribution < 1.29 is 0 Å². The van der Waals surface area contributed by atoms with E-state index in [2.05, 4.69) is 10.2 Å². The molecule has 1 atom stereocenters. The molecule has 0 aliphatic heterocycles. The molecular weight excluding hydrogens is 174 g/mol. The van der Waals surface area contributed by atoms with Gasteiger partial charge in [-0.05, 0) is 31.1 Å². The highest BCUT2D eigenvalue weighted by Crippen LogP contribution is 2.49. The fourth-order valence-electron chi connectivity index (χ4n) is 3.30. The number of aromatic amines is 1. The largest absolute Gasteiger partial charge is 0.382 e. The zero-order chi connectivity index (χ0) is 9.54. The minimum Gasteiger partial charge on any atom is -0.382 e. The molecule has 14 heavy (non-hydrogen) atoms. The van der Waals surface area contributed by atoms with Crippen LogP contribution in [0.2, 0.25) is 0 Å². The molecule has 2 bridgehead atoms. The van der Waals surface area contributed by atoms with Crippen LogP contribution in [0.15, 0.2) is 6.07 Å². The number of fused-ring (bicyclic) bond motifs is 3. The minimum absolute atomic E-state index is 0.640. The van der Waals surface area contributed by atoms with Crippen LogP contribution in [-0.2, 0) is 0 Å². The fraction of sp³-hybridized carbons (Fsp3) is 0.727. The minimum atomic E-state index is 0.640. The van der Waals surface area contributed by atoms with Gasteiger partial charge in [-0.3, -0.25) is 5.10 Å². The van der Waals surface area contributed by atoms with Crippen LogP contribution in [0.1, 0.15) is 43.7 Å². The predicted molar refractivity (Wildman–Crippen MR) is 55.8 cm³/mol. The van der Waals surface area contributed by atoms with Gasteiger partial charge in [0.05, 0.1) is 0 Å². The molecule has 3 heteroatoms. The molecule has 0 saturated heterocycles. The van der Waals surface area contributed by atoms with Crippen LogP contribution in [0.3, 0.4) is 0 Å². The molecule has 1 aromatic heterocycles. The maximum absolute atomic E-state index is 5.64. The number of aromatic nitrogens is 2. The van der Waals surface area contributed by atoms with E-state index >= 15 is 0 Å². The Morgan fingerprint density at radius 3 is 2.57 bits per heavy atom. The number of nitrogens with two attached hydrogens (primary N) is 1. The molecule has 1 aromatic rings. The van der Waals surface area contributed by atoms with Gasteiger partial charge in [0.2, 0.25) is 0 Å². The smallest absolute Gasteiger partial charge is 0.145 e. The van der Waals surface area contributed by atoms with Crippen LogP contribution in [0.25, 0.3) is 0 Å². The van der Waals surface area contributed by atoms with Gasteiger partial charge >= 0.3 is 0 Å². The van der Waals surface area contributed by atoms with Crippen molar-refractivity contribution in [3.63, 3.8) is 0 Å². The number of nitrogens with one attached hydrogen (secondary N) is 1. The lowest BCUT2D eigenvalue weighted by Crippen LogP contribution is -2.29. The molecule has 0 aromatic carbocycles. The first-order valence-electron chi connectivity index (χ1n) is 5.63. The molecule has 3 N–H and O–H groups in total. The Balaban J connectivity index is 1.85. The van der Waals surface area contributed by atoms with Gasteiger partial charge in [0.15, 0.2) is 0 Å². The molecule has 0 amide bonds. The highest BCUT2D eigenvalue weighted by atomic mass is 15.2. The van der Waals surface area contributed by atoms with E-state index in [-0.39, 0.29) is 0 Å². The van der Waals surface area contributed by atoms with Crippen molar-refractivity contribution in [1.82, 2.24) is 10.2 Å². The zero-order valence-corrected chi connectivity index (χ0v) is 8.37. The number of nitrogen functional groups attached to an aromatic ring is 1. The summed E-state index contributed by atoms with van der Waals surface area (Å²) in [5.41, 5.74) is 6.92. The molecule has 0 spiro atoms. The first-order valence-corrected chi connectivity index (χ1v) is 5.63. The van der Waals surface area contributed by atoms with Gasteiger partial charge in [-0.15, -0.1) is 0 Å². The normalized spacial score (nSPS) is 36.1. The van der Waals surface area contributed by atoms with Gasteiger partial charge in [-0.2, -0.15) is 5.10 Å². The maximum atomic E-state index is 5.64. The van der Waals surface area contributed by atoms with E-state index in [1.165, 1.54) is 37.8 Å². The molecule has 0 radical (unpaired) electrons. The molecule has 3 nitrogen and oxygen atoms in total. The molecule has 76 valence electrons. The standard InChI is InChI=1S/C11H17N3/c12-11-6-10(13-14-11)9-5-7-1-3-8(9)4-2-7/h6-9H,1-5H2,(H3,12,13,14). The number of hydrogen-bond acceptors (Lipinski definition) is 2. The van der Waals surface area contributed by atoms with Crippen molar-refractivity contribution in [2.75, 3.05) is 5.73 Å². The highest BCUT2D eigenvalue weighted by molar-refractivity contribution is 5.31. The lowest BCUT2D eigenvalue weighted by Gasteiger charge is -2.41. The van der Waals surface area contributed by atoms with E-state index in [9.17, 15) is 0 Å². The van der Waals surface area contributed by atoms with Gasteiger partial charge in [0.25, 0.3) is 0 Å². The van der Waals surface area contributed by atoms with Gasteiger partial charge in [-0.25, -0.2) is 0 Å². The van der Waals surface area contributed by atoms with Crippen molar-refractivity contribution in [1.29, 1.82) is 0 Å². The van der Waals surface area contributed by atoms with Gasteiger partial charge < -0.3 is 5.73 Å². The third-order valence-corrected chi connectivity index (χ3v) is 4.06. The Labute approximate surface area is 84.1 Å². The first-order chi connectivity index (χ1) is 6.83. The van der Waals surface area contributed by atoms with Crippen LogP contribution < -0.4 is 5.73 Å². The predicted octanol–water partition coefficient (Wildman–Crippen LogP) is 2.29. The third kappa shape index (κ3) is 1.22. The fourth-order valence-corrected chi connectivity index (χ4v) is 3.30. The van der Waals surface area contributed by atoms with Gasteiger partial charge in [0, 0.05) is 17.7 Å². The Kier molecular flexibility index (Phi) is 1.79. The summed E-state index contributed by atoms with van der Waals surface area (Å²) in [7, 11) is 0. The van der Waals surface area contributed by atoms with E-state index < -0.39 is 0 Å². The summed E-state index contributed by atoms with van der Waals surface area (Å²) in [4.78, 5) is 0. The summed E-state index contributed by atoms with van der Waals surface area (Å²) in [6, 6.07) is 2.02. The van der Waals surface area contributed by atoms with Gasteiger partial charge in [-0.1, -0.05) is 12.8 Å². The van der Waals surface area contributed by atoms with E-state index in [0.29, 0.717) is 11.7 Å². The summed E-state index contributed by atoms with van der Waals surface area (Å²) >= 11 is 0. The first kappa shape index (κ1) is 8.33. The monoisotopic (exact) mass is 191 g/mol. The lowest BCUT2D eigenvalue weighted by molar-refractivity contribution is 0.142. The summed E-state index contributed by atoms with van der Waals surface area (Å²) in [6.07, 6.45) is 7.07. The number of hydrogen-bond donors (Lipinski definition) is 2. The summed E-state index contributed by atoms with van der Waals surface area (Å²) in [6.45, 7) is 0. The highest BCUT2D eigenvalue weighted by Gasteiger charge is 2.36. The van der Waals surface area contributed by atoms with Crippen molar-refractivity contribution in [3.05, 3.63) is 11.8 Å². The average Bonchev–Trinajstić information content (AvgIpc) is 2.66. The Morgan fingerprint density at radius 2 is 2.07 bits per heavy atom. The quantitative estimate of drug-likeness (QED) is 0.715. The second kappa shape index (κ2) is 3.01. The molecule has 3 aliphatic rings. The zero-order valence-electron chi connectivity index (χ0n) is 8.37. The van der Waals surface area contributed by atoms with Crippen molar-refractivity contribution in [2.24, 2.45) is 11.8 Å². The second-order valence-electron chi connectivity index (χ2n) is 4.87. The second-order valence-corrected chi connectivity index (χ2v) is 4.87. The Morgan fingerprint density at radius 1 is 1.29 bits per heavy atom. The molecule has 3 saturated carbocycles. The van der Waals surface area contributed by atoms with Crippen LogP contribution in [-0.4, -0.2) is 10.2 Å². The SMILES string of the molecule is Nc1cc(C2CC3CCC2CC3)[nH]n1. The molecule has 3 fully saturated rings. The number of nitrogens with zero attached hydrogens (tertiary/aromatic N) is 1. The molecule has 1 heterocycles. The molecule has 1 unspecified atom stereocenters.